The molecule has 0 aliphatic rings. The molecule has 0 spiro atoms. The molecular formula is C23H20N4O4. The van der Waals surface area contributed by atoms with Crippen LogP contribution in [0.2, 0.25) is 0 Å². The summed E-state index contributed by atoms with van der Waals surface area (Å²) >= 11 is 0. The summed E-state index contributed by atoms with van der Waals surface area (Å²) < 4.78 is 0. The number of amides is 1. The quantitative estimate of drug-likeness (QED) is 0.241. The summed E-state index contributed by atoms with van der Waals surface area (Å²) in [7, 11) is 0. The monoisotopic (exact) mass is 416 g/mol. The van der Waals surface area contributed by atoms with Crippen molar-refractivity contribution in [2.24, 2.45) is 0 Å². The Morgan fingerprint density at radius 1 is 0.935 bits per heavy atom. The Kier molecular flexibility index (Phi) is 5.74. The van der Waals surface area contributed by atoms with E-state index in [0.29, 0.717) is 23.0 Å². The lowest BCUT2D eigenvalue weighted by Crippen LogP contribution is -2.19. The van der Waals surface area contributed by atoms with Crippen molar-refractivity contribution in [2.45, 2.75) is 0 Å². The Labute approximate surface area is 177 Å². The van der Waals surface area contributed by atoms with E-state index in [0.717, 1.165) is 16.8 Å². The maximum atomic E-state index is 12.2. The molecule has 156 valence electrons. The molecule has 31 heavy (non-hydrogen) atoms. The zero-order valence-corrected chi connectivity index (χ0v) is 16.4. The molecule has 0 bridgehead atoms. The SMILES string of the molecule is O=C(NO)c1c(O)c(-c2ccc(-c3ccc(NCCO)cc3)cc2)nc2ccncc12. The molecule has 5 N–H and O–H groups in total. The third kappa shape index (κ3) is 4.02. The normalized spacial score (nSPS) is 10.8. The van der Waals surface area contributed by atoms with Crippen LogP contribution in [0.5, 0.6) is 5.75 Å². The molecule has 0 saturated carbocycles. The summed E-state index contributed by atoms with van der Waals surface area (Å²) in [6.07, 6.45) is 2.96. The number of aromatic nitrogens is 2. The zero-order valence-electron chi connectivity index (χ0n) is 16.4. The first kappa shape index (κ1) is 20.3. The third-order valence-corrected chi connectivity index (χ3v) is 4.91. The van der Waals surface area contributed by atoms with Gasteiger partial charge in [-0.2, -0.15) is 0 Å². The average molecular weight is 416 g/mol. The Bertz CT molecular complexity index is 1230. The molecule has 0 aliphatic heterocycles. The number of anilines is 1. The standard InChI is InChI=1S/C23H20N4O4/c28-12-11-25-17-7-5-15(6-8-17)14-1-3-16(4-2-14)21-22(29)20(23(30)27-31)18-13-24-10-9-19(18)26-21/h1-10,13,25,28-29,31H,11-12H2,(H,27,30). The first-order chi connectivity index (χ1) is 15.1. The maximum Gasteiger partial charge on any atom is 0.279 e. The Hall–Kier alpha value is -4.01. The predicted molar refractivity (Wildman–Crippen MR) is 117 cm³/mol. The summed E-state index contributed by atoms with van der Waals surface area (Å²) in [5.41, 5.74) is 5.68. The number of nitrogens with one attached hydrogen (secondary N) is 2. The van der Waals surface area contributed by atoms with Crippen LogP contribution >= 0.6 is 0 Å². The van der Waals surface area contributed by atoms with Gasteiger partial charge in [-0.3, -0.25) is 15.0 Å². The number of hydroxylamine groups is 1. The third-order valence-electron chi connectivity index (χ3n) is 4.91. The van der Waals surface area contributed by atoms with Crippen molar-refractivity contribution in [3.05, 3.63) is 72.6 Å². The second-order valence-electron chi connectivity index (χ2n) is 6.82. The van der Waals surface area contributed by atoms with Gasteiger partial charge in [0.15, 0.2) is 5.75 Å². The number of carbonyl (C=O) groups is 1. The number of nitrogens with zero attached hydrogens (tertiary/aromatic N) is 2. The first-order valence-electron chi connectivity index (χ1n) is 9.59. The van der Waals surface area contributed by atoms with Gasteiger partial charge in [-0.15, -0.1) is 0 Å². The second kappa shape index (κ2) is 8.78. The van der Waals surface area contributed by atoms with Gasteiger partial charge in [-0.25, -0.2) is 10.5 Å². The van der Waals surface area contributed by atoms with Crippen LogP contribution in [0.15, 0.2) is 67.0 Å². The minimum atomic E-state index is -0.842. The number of hydrogen-bond acceptors (Lipinski definition) is 7. The molecule has 4 aromatic rings. The molecular weight excluding hydrogens is 396 g/mol. The first-order valence-corrected chi connectivity index (χ1v) is 9.59. The Balaban J connectivity index is 1.71. The molecule has 8 nitrogen and oxygen atoms in total. The fourth-order valence-corrected chi connectivity index (χ4v) is 3.38. The van der Waals surface area contributed by atoms with Crippen molar-refractivity contribution in [1.82, 2.24) is 15.4 Å². The summed E-state index contributed by atoms with van der Waals surface area (Å²) in [6, 6.07) is 16.9. The van der Waals surface area contributed by atoms with E-state index in [-0.39, 0.29) is 23.6 Å². The maximum absolute atomic E-state index is 12.2. The van der Waals surface area contributed by atoms with Gasteiger partial charge < -0.3 is 15.5 Å². The van der Waals surface area contributed by atoms with E-state index in [9.17, 15) is 9.90 Å². The zero-order chi connectivity index (χ0) is 21.8. The molecule has 2 aromatic heterocycles. The number of aliphatic hydroxyl groups is 1. The van der Waals surface area contributed by atoms with Crippen LogP contribution in [0, 0.1) is 0 Å². The lowest BCUT2D eigenvalue weighted by atomic mass is 10.00. The van der Waals surface area contributed by atoms with Gasteiger partial charge in [-0.1, -0.05) is 36.4 Å². The van der Waals surface area contributed by atoms with Crippen molar-refractivity contribution < 1.29 is 20.2 Å². The molecule has 4 rings (SSSR count). The minimum Gasteiger partial charge on any atom is -0.505 e. The Morgan fingerprint density at radius 2 is 1.58 bits per heavy atom. The van der Waals surface area contributed by atoms with E-state index in [1.54, 1.807) is 17.7 Å². The van der Waals surface area contributed by atoms with Crippen LogP contribution in [-0.4, -0.2) is 44.4 Å². The molecule has 0 fully saturated rings. The van der Waals surface area contributed by atoms with E-state index in [4.69, 9.17) is 10.3 Å². The van der Waals surface area contributed by atoms with Crippen molar-refractivity contribution in [3.8, 4) is 28.1 Å². The number of aliphatic hydroxyl groups excluding tert-OH is 1. The highest BCUT2D eigenvalue weighted by Crippen LogP contribution is 2.36. The number of pyridine rings is 2. The highest BCUT2D eigenvalue weighted by molar-refractivity contribution is 6.09. The van der Waals surface area contributed by atoms with E-state index < -0.39 is 5.91 Å². The fourth-order valence-electron chi connectivity index (χ4n) is 3.38. The summed E-state index contributed by atoms with van der Waals surface area (Å²) in [5.74, 6) is -1.18. The molecule has 0 aliphatic carbocycles. The van der Waals surface area contributed by atoms with Gasteiger partial charge in [-0.05, 0) is 29.3 Å². The summed E-state index contributed by atoms with van der Waals surface area (Å²) in [5, 5.41) is 32.2. The molecule has 8 heteroatoms. The number of aromatic hydroxyl groups is 1. The molecule has 0 atom stereocenters. The largest absolute Gasteiger partial charge is 0.505 e. The number of benzene rings is 2. The Morgan fingerprint density at radius 3 is 2.23 bits per heavy atom. The van der Waals surface area contributed by atoms with Crippen LogP contribution < -0.4 is 10.8 Å². The lowest BCUT2D eigenvalue weighted by Gasteiger charge is -2.12. The van der Waals surface area contributed by atoms with Crippen LogP contribution in [0.4, 0.5) is 5.69 Å². The highest BCUT2D eigenvalue weighted by Gasteiger charge is 2.21. The number of hydrogen-bond donors (Lipinski definition) is 5. The number of rotatable bonds is 6. The van der Waals surface area contributed by atoms with Crippen LogP contribution in [0.3, 0.4) is 0 Å². The molecule has 0 unspecified atom stereocenters. The van der Waals surface area contributed by atoms with Crippen molar-refractivity contribution in [1.29, 1.82) is 0 Å². The van der Waals surface area contributed by atoms with Crippen molar-refractivity contribution in [2.75, 3.05) is 18.5 Å². The predicted octanol–water partition coefficient (Wildman–Crippen LogP) is 3.19. The summed E-state index contributed by atoms with van der Waals surface area (Å²) in [4.78, 5) is 20.6. The topological polar surface area (TPSA) is 128 Å². The second-order valence-corrected chi connectivity index (χ2v) is 6.82. The van der Waals surface area contributed by atoms with Gasteiger partial charge >= 0.3 is 0 Å². The fraction of sp³-hybridized carbons (Fsp3) is 0.0870. The molecule has 0 radical (unpaired) electrons. The summed E-state index contributed by atoms with van der Waals surface area (Å²) in [6.45, 7) is 0.555. The van der Waals surface area contributed by atoms with Crippen LogP contribution in [0.25, 0.3) is 33.3 Å². The van der Waals surface area contributed by atoms with Crippen molar-refractivity contribution in [3.63, 3.8) is 0 Å². The van der Waals surface area contributed by atoms with Crippen molar-refractivity contribution >= 4 is 22.5 Å². The molecule has 2 heterocycles. The van der Waals surface area contributed by atoms with Crippen LogP contribution in [-0.2, 0) is 0 Å². The van der Waals surface area contributed by atoms with Gasteiger partial charge in [0, 0.05) is 35.6 Å². The number of fused-ring (bicyclic) bond motifs is 1. The minimum absolute atomic E-state index is 0.0665. The molecule has 0 saturated heterocycles. The van der Waals surface area contributed by atoms with E-state index in [1.165, 1.54) is 6.20 Å². The van der Waals surface area contributed by atoms with Crippen LogP contribution in [0.1, 0.15) is 10.4 Å². The number of carbonyl (C=O) groups excluding carboxylic acids is 1. The highest BCUT2D eigenvalue weighted by atomic mass is 16.5. The van der Waals surface area contributed by atoms with E-state index >= 15 is 0 Å². The smallest absolute Gasteiger partial charge is 0.279 e. The lowest BCUT2D eigenvalue weighted by molar-refractivity contribution is 0.0705. The van der Waals surface area contributed by atoms with E-state index in [2.05, 4.69) is 15.3 Å². The van der Waals surface area contributed by atoms with Gasteiger partial charge in [0.2, 0.25) is 0 Å². The van der Waals surface area contributed by atoms with Gasteiger partial charge in [0.05, 0.1) is 17.7 Å². The molecule has 1 amide bonds. The van der Waals surface area contributed by atoms with Gasteiger partial charge in [0.25, 0.3) is 5.91 Å². The average Bonchev–Trinajstić information content (AvgIpc) is 2.82. The molecule has 2 aromatic carbocycles. The van der Waals surface area contributed by atoms with E-state index in [1.807, 2.05) is 48.5 Å². The van der Waals surface area contributed by atoms with Gasteiger partial charge in [0.1, 0.15) is 5.69 Å².